The third-order valence-electron chi connectivity index (χ3n) is 4.32. The highest BCUT2D eigenvalue weighted by Crippen LogP contribution is 2.31. The Morgan fingerprint density at radius 3 is 2.50 bits per heavy atom. The molecule has 2 aliphatic rings. The van der Waals surface area contributed by atoms with Gasteiger partial charge >= 0.3 is 5.97 Å². The number of nitrogens with zero attached hydrogens (tertiary/aromatic N) is 1. The smallest absolute Gasteiger partial charge is 0.323 e. The van der Waals surface area contributed by atoms with E-state index in [1.807, 2.05) is 20.8 Å². The maximum absolute atomic E-state index is 12.3. The van der Waals surface area contributed by atoms with E-state index < -0.39 is 11.2 Å². The molecule has 1 heterocycles. The molecular formula is C16H29NO3. The van der Waals surface area contributed by atoms with Gasteiger partial charge in [0.2, 0.25) is 0 Å². The Balaban J connectivity index is 1.95. The number of carbonyl (C=O) groups is 1. The second kappa shape index (κ2) is 6.02. The van der Waals surface area contributed by atoms with Gasteiger partial charge in [0, 0.05) is 6.54 Å². The van der Waals surface area contributed by atoms with E-state index in [2.05, 4.69) is 4.90 Å². The highest BCUT2D eigenvalue weighted by atomic mass is 16.6. The van der Waals surface area contributed by atoms with Gasteiger partial charge in [0.15, 0.2) is 0 Å². The van der Waals surface area contributed by atoms with Crippen molar-refractivity contribution < 1.29 is 14.6 Å². The lowest BCUT2D eigenvalue weighted by molar-refractivity contribution is -0.161. The van der Waals surface area contributed by atoms with Crippen molar-refractivity contribution >= 4 is 5.97 Å². The second-order valence-electron chi connectivity index (χ2n) is 7.45. The molecule has 1 saturated carbocycles. The molecule has 116 valence electrons. The summed E-state index contributed by atoms with van der Waals surface area (Å²) in [5, 5.41) is 10.7. The van der Waals surface area contributed by atoms with Crippen LogP contribution in [0.1, 0.15) is 65.7 Å². The lowest BCUT2D eigenvalue weighted by Crippen LogP contribution is -2.49. The maximum atomic E-state index is 12.3. The van der Waals surface area contributed by atoms with Crippen LogP contribution in [0, 0.1) is 0 Å². The summed E-state index contributed by atoms with van der Waals surface area (Å²) in [6, 6.07) is -0.167. The number of hydrogen-bond donors (Lipinski definition) is 1. The predicted octanol–water partition coefficient (Wildman–Crippen LogP) is 2.49. The fourth-order valence-corrected chi connectivity index (χ4v) is 3.40. The molecule has 0 unspecified atom stereocenters. The summed E-state index contributed by atoms with van der Waals surface area (Å²) in [6.45, 7) is 7.22. The van der Waals surface area contributed by atoms with Gasteiger partial charge in [-0.05, 0) is 53.0 Å². The molecule has 1 saturated heterocycles. The Kier molecular flexibility index (Phi) is 4.75. The monoisotopic (exact) mass is 283 g/mol. The zero-order valence-electron chi connectivity index (χ0n) is 13.2. The number of likely N-dealkylation sites (tertiary alicyclic amines) is 1. The number of ether oxygens (including phenoxy) is 1. The predicted molar refractivity (Wildman–Crippen MR) is 78.5 cm³/mol. The van der Waals surface area contributed by atoms with Gasteiger partial charge in [0.25, 0.3) is 0 Å². The fraction of sp³-hybridized carbons (Fsp3) is 0.938. The molecule has 0 radical (unpaired) electrons. The topological polar surface area (TPSA) is 49.8 Å². The second-order valence-corrected chi connectivity index (χ2v) is 7.45. The summed E-state index contributed by atoms with van der Waals surface area (Å²) in [7, 11) is 0. The Bertz CT molecular complexity index is 342. The Morgan fingerprint density at radius 1 is 1.25 bits per heavy atom. The van der Waals surface area contributed by atoms with E-state index in [0.717, 1.165) is 45.1 Å². The Morgan fingerprint density at radius 2 is 1.90 bits per heavy atom. The zero-order valence-corrected chi connectivity index (χ0v) is 13.2. The van der Waals surface area contributed by atoms with E-state index in [0.29, 0.717) is 6.54 Å². The highest BCUT2D eigenvalue weighted by molar-refractivity contribution is 5.76. The van der Waals surface area contributed by atoms with E-state index in [-0.39, 0.29) is 12.0 Å². The molecule has 0 amide bonds. The van der Waals surface area contributed by atoms with Gasteiger partial charge < -0.3 is 9.84 Å². The van der Waals surface area contributed by atoms with Crippen molar-refractivity contribution in [2.75, 3.05) is 13.1 Å². The van der Waals surface area contributed by atoms with Gasteiger partial charge in [0.05, 0.1) is 5.60 Å². The van der Waals surface area contributed by atoms with E-state index in [4.69, 9.17) is 4.74 Å². The van der Waals surface area contributed by atoms with Crippen LogP contribution >= 0.6 is 0 Å². The van der Waals surface area contributed by atoms with Gasteiger partial charge in [-0.15, -0.1) is 0 Å². The molecule has 4 nitrogen and oxygen atoms in total. The first-order valence-electron chi connectivity index (χ1n) is 7.98. The molecule has 1 atom stereocenters. The standard InChI is InChI=1S/C16H29NO3/c1-15(2,3)20-14(18)13-8-7-11-17(13)12-16(19)9-5-4-6-10-16/h13,19H,4-12H2,1-3H3/t13-/m1/s1. The molecule has 2 rings (SSSR count). The van der Waals surface area contributed by atoms with Gasteiger partial charge in [-0.2, -0.15) is 0 Å². The van der Waals surface area contributed by atoms with Crippen molar-refractivity contribution in [3.63, 3.8) is 0 Å². The van der Waals surface area contributed by atoms with E-state index >= 15 is 0 Å². The number of esters is 1. The van der Waals surface area contributed by atoms with Crippen LogP contribution in [0.2, 0.25) is 0 Å². The Hall–Kier alpha value is -0.610. The molecule has 20 heavy (non-hydrogen) atoms. The molecule has 0 aromatic carbocycles. The number of rotatable bonds is 3. The third kappa shape index (κ3) is 4.19. The first kappa shape index (κ1) is 15.8. The van der Waals surface area contributed by atoms with Crippen molar-refractivity contribution in [2.45, 2.75) is 83.0 Å². The number of aliphatic hydroxyl groups is 1. The fourth-order valence-electron chi connectivity index (χ4n) is 3.40. The molecule has 1 aliphatic carbocycles. The van der Waals surface area contributed by atoms with Gasteiger partial charge in [-0.3, -0.25) is 9.69 Å². The molecule has 0 aromatic rings. The van der Waals surface area contributed by atoms with Crippen LogP contribution in [-0.2, 0) is 9.53 Å². The van der Waals surface area contributed by atoms with Crippen molar-refractivity contribution in [1.82, 2.24) is 4.90 Å². The van der Waals surface area contributed by atoms with Crippen molar-refractivity contribution in [3.05, 3.63) is 0 Å². The number of carbonyl (C=O) groups excluding carboxylic acids is 1. The summed E-state index contributed by atoms with van der Waals surface area (Å²) >= 11 is 0. The van der Waals surface area contributed by atoms with Crippen molar-refractivity contribution in [3.8, 4) is 0 Å². The minimum Gasteiger partial charge on any atom is -0.459 e. The van der Waals surface area contributed by atoms with Crippen molar-refractivity contribution in [1.29, 1.82) is 0 Å². The first-order valence-corrected chi connectivity index (χ1v) is 7.98. The van der Waals surface area contributed by atoms with Crippen LogP contribution in [0.15, 0.2) is 0 Å². The number of hydrogen-bond acceptors (Lipinski definition) is 4. The molecular weight excluding hydrogens is 254 g/mol. The summed E-state index contributed by atoms with van der Waals surface area (Å²) in [5.41, 5.74) is -1.03. The molecule has 0 bridgehead atoms. The summed E-state index contributed by atoms with van der Waals surface area (Å²) in [5.74, 6) is -0.130. The van der Waals surface area contributed by atoms with Gasteiger partial charge in [-0.25, -0.2) is 0 Å². The lowest BCUT2D eigenvalue weighted by Gasteiger charge is -2.37. The molecule has 1 aliphatic heterocycles. The minimum atomic E-state index is -0.594. The average Bonchev–Trinajstić information content (AvgIpc) is 2.75. The number of β-amino-alcohol motifs (C(OH)–C–C–N with tert-alkyl or cyclic N) is 1. The molecule has 0 spiro atoms. The molecule has 2 fully saturated rings. The van der Waals surface area contributed by atoms with Crippen LogP contribution < -0.4 is 0 Å². The Labute approximate surface area is 122 Å². The van der Waals surface area contributed by atoms with E-state index in [9.17, 15) is 9.90 Å². The summed E-state index contributed by atoms with van der Waals surface area (Å²) in [4.78, 5) is 14.4. The summed E-state index contributed by atoms with van der Waals surface area (Å²) in [6.07, 6.45) is 7.01. The SMILES string of the molecule is CC(C)(C)OC(=O)[C@H]1CCCN1CC1(O)CCCCC1. The van der Waals surface area contributed by atoms with Crippen LogP contribution in [0.4, 0.5) is 0 Å². The zero-order chi connectivity index (χ0) is 14.8. The average molecular weight is 283 g/mol. The normalized spacial score (nSPS) is 27.5. The van der Waals surface area contributed by atoms with E-state index in [1.165, 1.54) is 6.42 Å². The molecule has 1 N–H and O–H groups in total. The van der Waals surface area contributed by atoms with Gasteiger partial charge in [0.1, 0.15) is 11.6 Å². The highest BCUT2D eigenvalue weighted by Gasteiger charge is 2.39. The van der Waals surface area contributed by atoms with Crippen LogP contribution in [0.25, 0.3) is 0 Å². The first-order chi connectivity index (χ1) is 9.29. The maximum Gasteiger partial charge on any atom is 0.323 e. The van der Waals surface area contributed by atoms with Crippen LogP contribution in [0.3, 0.4) is 0 Å². The minimum absolute atomic E-state index is 0.130. The summed E-state index contributed by atoms with van der Waals surface area (Å²) < 4.78 is 5.51. The van der Waals surface area contributed by atoms with Crippen LogP contribution in [-0.4, -0.2) is 46.3 Å². The van der Waals surface area contributed by atoms with Crippen LogP contribution in [0.5, 0.6) is 0 Å². The molecule has 0 aromatic heterocycles. The lowest BCUT2D eigenvalue weighted by atomic mass is 9.84. The largest absolute Gasteiger partial charge is 0.459 e. The van der Waals surface area contributed by atoms with Crippen molar-refractivity contribution in [2.24, 2.45) is 0 Å². The van der Waals surface area contributed by atoms with E-state index in [1.54, 1.807) is 0 Å². The van der Waals surface area contributed by atoms with Gasteiger partial charge in [-0.1, -0.05) is 19.3 Å². The third-order valence-corrected chi connectivity index (χ3v) is 4.32. The molecule has 4 heteroatoms. The quantitative estimate of drug-likeness (QED) is 0.809.